The van der Waals surface area contributed by atoms with Crippen LogP contribution in [-0.2, 0) is 13.2 Å². The topological polar surface area (TPSA) is 65.7 Å². The molecule has 7 heteroatoms. The largest absolute Gasteiger partial charge is 0.314 e. The molecule has 3 aromatic heterocycles. The summed E-state index contributed by atoms with van der Waals surface area (Å²) in [7, 11) is 0. The second-order valence-corrected chi connectivity index (χ2v) is 6.73. The van der Waals surface area contributed by atoms with Gasteiger partial charge in [0.2, 0.25) is 6.33 Å². The summed E-state index contributed by atoms with van der Waals surface area (Å²) < 4.78 is 4.45. The molecule has 0 amide bonds. The second-order valence-electron chi connectivity index (χ2n) is 6.73. The van der Waals surface area contributed by atoms with Crippen molar-refractivity contribution in [2.24, 2.45) is 0 Å². The van der Waals surface area contributed by atoms with Crippen molar-refractivity contribution in [3.63, 3.8) is 0 Å². The van der Waals surface area contributed by atoms with Gasteiger partial charge >= 0.3 is 0 Å². The van der Waals surface area contributed by atoms with Gasteiger partial charge in [-0.15, -0.1) is 0 Å². The maximum Gasteiger partial charge on any atom is 0.244 e. The Kier molecular flexibility index (Phi) is 3.88. The van der Waals surface area contributed by atoms with Crippen molar-refractivity contribution in [3.05, 3.63) is 54.7 Å². The summed E-state index contributed by atoms with van der Waals surface area (Å²) in [5.41, 5.74) is 4.21. The van der Waals surface area contributed by atoms with Gasteiger partial charge in [-0.1, -0.05) is 12.1 Å². The molecule has 1 aliphatic rings. The monoisotopic (exact) mass is 348 g/mol. The molecule has 7 nitrogen and oxygen atoms in total. The van der Waals surface area contributed by atoms with E-state index >= 15 is 0 Å². The molecule has 1 aromatic carbocycles. The van der Waals surface area contributed by atoms with Crippen molar-refractivity contribution in [1.82, 2.24) is 29.7 Å². The first kappa shape index (κ1) is 15.5. The number of fused-ring (bicyclic) bond motifs is 2. The third-order valence-electron chi connectivity index (χ3n) is 5.04. The van der Waals surface area contributed by atoms with Gasteiger partial charge in [0, 0.05) is 32.4 Å². The Hall–Kier alpha value is -2.77. The molecule has 4 aromatic rings. The van der Waals surface area contributed by atoms with Crippen LogP contribution < -0.4 is 9.88 Å². The Morgan fingerprint density at radius 3 is 2.88 bits per heavy atom. The molecular formula is C19H22N7+. The molecule has 0 unspecified atom stereocenters. The lowest BCUT2D eigenvalue weighted by atomic mass is 10.3. The highest BCUT2D eigenvalue weighted by atomic mass is 15.3. The third kappa shape index (κ3) is 2.75. The molecular weight excluding hydrogens is 326 g/mol. The van der Waals surface area contributed by atoms with Crippen molar-refractivity contribution < 1.29 is 4.57 Å². The highest BCUT2D eigenvalue weighted by Crippen LogP contribution is 2.16. The number of rotatable bonds is 4. The van der Waals surface area contributed by atoms with Gasteiger partial charge in [-0.3, -0.25) is 9.47 Å². The van der Waals surface area contributed by atoms with Gasteiger partial charge in [-0.25, -0.2) is 19.5 Å². The average Bonchev–Trinajstić information content (AvgIpc) is 3.25. The molecule has 1 fully saturated rings. The third-order valence-corrected chi connectivity index (χ3v) is 5.04. The molecule has 132 valence electrons. The van der Waals surface area contributed by atoms with Crippen LogP contribution in [0.3, 0.4) is 0 Å². The number of imidazole rings is 2. The molecule has 4 heterocycles. The number of hydrogen-bond acceptors (Lipinski definition) is 4. The molecule has 0 saturated carbocycles. The van der Waals surface area contributed by atoms with Crippen LogP contribution >= 0.6 is 0 Å². The maximum atomic E-state index is 4.88. The van der Waals surface area contributed by atoms with Crippen LogP contribution in [0.2, 0.25) is 0 Å². The first-order valence-electron chi connectivity index (χ1n) is 9.07. The standard InChI is InChI=1S/C19H21N7/c1-2-6-17-15(4-1)22-13-25(17)14-26-18(12-24-10-8-20-9-11-24)23-16-5-3-7-21-19(16)26/h1-7,13,20H,8-12,14H2/p+1. The second kappa shape index (κ2) is 6.51. The molecule has 0 aliphatic carbocycles. The van der Waals surface area contributed by atoms with Gasteiger partial charge in [0.15, 0.2) is 23.3 Å². The summed E-state index contributed by atoms with van der Waals surface area (Å²) in [5.74, 6) is 1.07. The van der Waals surface area contributed by atoms with Crippen LogP contribution in [0.15, 0.2) is 48.9 Å². The van der Waals surface area contributed by atoms with E-state index in [1.807, 2.05) is 30.7 Å². The summed E-state index contributed by atoms with van der Waals surface area (Å²) >= 11 is 0. The molecule has 1 aliphatic heterocycles. The average molecular weight is 348 g/mol. The lowest BCUT2D eigenvalue weighted by Gasteiger charge is -2.26. The zero-order chi connectivity index (χ0) is 17.3. The van der Waals surface area contributed by atoms with E-state index in [-0.39, 0.29) is 0 Å². The van der Waals surface area contributed by atoms with E-state index in [1.54, 1.807) is 0 Å². The minimum atomic E-state index is 0.693. The van der Waals surface area contributed by atoms with Crippen LogP contribution in [0.5, 0.6) is 0 Å². The first-order chi connectivity index (χ1) is 12.9. The zero-order valence-corrected chi connectivity index (χ0v) is 14.6. The van der Waals surface area contributed by atoms with E-state index in [4.69, 9.17) is 4.98 Å². The predicted octanol–water partition coefficient (Wildman–Crippen LogP) is 1.11. The van der Waals surface area contributed by atoms with Gasteiger partial charge in [0.25, 0.3) is 0 Å². The molecule has 2 N–H and O–H groups in total. The van der Waals surface area contributed by atoms with E-state index in [1.165, 1.54) is 5.52 Å². The Morgan fingerprint density at radius 2 is 1.96 bits per heavy atom. The van der Waals surface area contributed by atoms with E-state index < -0.39 is 0 Å². The summed E-state index contributed by atoms with van der Waals surface area (Å²) in [6.45, 7) is 5.72. The minimum absolute atomic E-state index is 0.693. The fourth-order valence-corrected chi connectivity index (χ4v) is 3.68. The number of aromatic amines is 1. The molecule has 0 atom stereocenters. The van der Waals surface area contributed by atoms with Crippen LogP contribution in [-0.4, -0.2) is 50.6 Å². The van der Waals surface area contributed by atoms with Crippen molar-refractivity contribution in [2.45, 2.75) is 13.2 Å². The summed E-state index contributed by atoms with van der Waals surface area (Å²) in [5, 5.41) is 3.41. The molecule has 0 spiro atoms. The SMILES string of the molecule is c1cnc2c(c1)nc(CN1CCNCC1)n2C[n+]1c[nH]c2ccccc21. The minimum Gasteiger partial charge on any atom is -0.314 e. The first-order valence-corrected chi connectivity index (χ1v) is 9.07. The van der Waals surface area contributed by atoms with E-state index in [0.29, 0.717) is 6.67 Å². The quantitative estimate of drug-likeness (QED) is 0.542. The summed E-state index contributed by atoms with van der Waals surface area (Å²) in [4.78, 5) is 15.3. The Labute approximate surface area is 151 Å². The number of hydrogen-bond donors (Lipinski definition) is 2. The van der Waals surface area contributed by atoms with Gasteiger partial charge in [0.1, 0.15) is 11.3 Å². The van der Waals surface area contributed by atoms with Crippen LogP contribution in [0.1, 0.15) is 5.82 Å². The van der Waals surface area contributed by atoms with E-state index in [2.05, 4.69) is 47.5 Å². The molecule has 5 rings (SSSR count). The molecule has 26 heavy (non-hydrogen) atoms. The number of benzene rings is 1. The summed E-state index contributed by atoms with van der Waals surface area (Å²) in [6.07, 6.45) is 3.86. The van der Waals surface area contributed by atoms with Gasteiger partial charge in [-0.2, -0.15) is 0 Å². The number of pyridine rings is 1. The van der Waals surface area contributed by atoms with Gasteiger partial charge in [-0.05, 0) is 24.3 Å². The fourth-order valence-electron chi connectivity index (χ4n) is 3.68. The Balaban J connectivity index is 1.55. The smallest absolute Gasteiger partial charge is 0.244 e. The number of aromatic nitrogens is 5. The zero-order valence-electron chi connectivity index (χ0n) is 14.6. The van der Waals surface area contributed by atoms with E-state index in [9.17, 15) is 0 Å². The van der Waals surface area contributed by atoms with E-state index in [0.717, 1.165) is 55.2 Å². The van der Waals surface area contributed by atoms with Crippen LogP contribution in [0.4, 0.5) is 0 Å². The highest BCUT2D eigenvalue weighted by Gasteiger charge is 2.19. The van der Waals surface area contributed by atoms with Gasteiger partial charge < -0.3 is 5.32 Å². The van der Waals surface area contributed by atoms with Crippen LogP contribution in [0.25, 0.3) is 22.2 Å². The highest BCUT2D eigenvalue weighted by molar-refractivity contribution is 5.72. The van der Waals surface area contributed by atoms with Gasteiger partial charge in [0.05, 0.1) is 6.54 Å². The molecule has 1 saturated heterocycles. The number of nitrogens with one attached hydrogen (secondary N) is 2. The molecule has 0 radical (unpaired) electrons. The fraction of sp³-hybridized carbons (Fsp3) is 0.316. The lowest BCUT2D eigenvalue weighted by molar-refractivity contribution is -0.675. The molecule has 0 bridgehead atoms. The number of nitrogens with zero attached hydrogens (tertiary/aromatic N) is 5. The van der Waals surface area contributed by atoms with Crippen molar-refractivity contribution in [3.8, 4) is 0 Å². The number of para-hydroxylation sites is 2. The normalized spacial score (nSPS) is 15.8. The Morgan fingerprint density at radius 1 is 1.08 bits per heavy atom. The Bertz CT molecular complexity index is 1040. The predicted molar refractivity (Wildman–Crippen MR) is 99.6 cm³/mol. The number of H-pyrrole nitrogens is 1. The van der Waals surface area contributed by atoms with Crippen LogP contribution in [0, 0.1) is 0 Å². The van der Waals surface area contributed by atoms with Crippen molar-refractivity contribution in [2.75, 3.05) is 26.2 Å². The van der Waals surface area contributed by atoms with Crippen molar-refractivity contribution >= 4 is 22.2 Å². The number of piperazine rings is 1. The maximum absolute atomic E-state index is 4.88. The summed E-state index contributed by atoms with van der Waals surface area (Å²) in [6, 6.07) is 12.3. The van der Waals surface area contributed by atoms with Crippen molar-refractivity contribution in [1.29, 1.82) is 0 Å². The lowest BCUT2D eigenvalue weighted by Crippen LogP contribution is -2.44.